The number of anilines is 1. The highest BCUT2D eigenvalue weighted by atomic mass is 19.1. The number of carbonyl (C=O) groups excluding carboxylic acids is 1. The minimum absolute atomic E-state index is 0.0109. The molecule has 0 spiro atoms. The smallest absolute Gasteiger partial charge is 0.317 e. The van der Waals surface area contributed by atoms with Crippen LogP contribution in [0.3, 0.4) is 0 Å². The van der Waals surface area contributed by atoms with Crippen LogP contribution in [0.1, 0.15) is 45.4 Å². The molecule has 0 radical (unpaired) electrons. The average Bonchev–Trinajstić information content (AvgIpc) is 3.39. The highest BCUT2D eigenvalue weighted by Gasteiger charge is 2.29. The minimum Gasteiger partial charge on any atom is -0.365 e. The van der Waals surface area contributed by atoms with Gasteiger partial charge in [-0.3, -0.25) is 0 Å². The van der Waals surface area contributed by atoms with Crippen LogP contribution in [0.5, 0.6) is 0 Å². The van der Waals surface area contributed by atoms with Gasteiger partial charge < -0.3 is 15.5 Å². The summed E-state index contributed by atoms with van der Waals surface area (Å²) in [5.74, 6) is 0.00294. The van der Waals surface area contributed by atoms with Crippen molar-refractivity contribution in [1.82, 2.24) is 34.9 Å². The molecule has 1 aliphatic heterocycles. The molecule has 0 unspecified atom stereocenters. The third kappa shape index (κ3) is 4.34. The first-order valence-electron chi connectivity index (χ1n) is 11.6. The first-order valence-corrected chi connectivity index (χ1v) is 11.6. The van der Waals surface area contributed by atoms with Gasteiger partial charge in [0.1, 0.15) is 5.69 Å². The molecule has 5 rings (SSSR count). The molecule has 9 nitrogen and oxygen atoms in total. The van der Waals surface area contributed by atoms with Crippen molar-refractivity contribution in [1.29, 1.82) is 0 Å². The predicted molar refractivity (Wildman–Crippen MR) is 123 cm³/mol. The zero-order valence-corrected chi connectivity index (χ0v) is 19.0. The van der Waals surface area contributed by atoms with Crippen LogP contribution in [-0.4, -0.2) is 60.3 Å². The van der Waals surface area contributed by atoms with Crippen molar-refractivity contribution in [2.24, 2.45) is 7.05 Å². The number of halogens is 1. The number of urea groups is 1. The molecular formula is C23H29FN8O. The minimum atomic E-state index is -0.505. The standard InChI is InChI=1S/C23H29FN8O/c1-14-6-5-11-32(14)23(33)28-16-8-3-7-15(12-16)27-20-18(24)13-26-21(29-20)19-17-9-4-10-25-22(17)31(2)30-19/h4,9-10,13-16H,3,5-8,11-12H2,1-2H3,(H,28,33)(H,26,27,29)/t14-,15-,16+/m0/s1. The predicted octanol–water partition coefficient (Wildman–Crippen LogP) is 3.48. The van der Waals surface area contributed by atoms with E-state index in [1.54, 1.807) is 17.9 Å². The van der Waals surface area contributed by atoms with Gasteiger partial charge in [-0.25, -0.2) is 28.8 Å². The topological polar surface area (TPSA) is 101 Å². The highest BCUT2D eigenvalue weighted by Crippen LogP contribution is 2.27. The molecule has 1 saturated heterocycles. The van der Waals surface area contributed by atoms with Crippen LogP contribution >= 0.6 is 0 Å². The van der Waals surface area contributed by atoms with E-state index < -0.39 is 5.82 Å². The Labute approximate surface area is 191 Å². The summed E-state index contributed by atoms with van der Waals surface area (Å²) < 4.78 is 16.3. The van der Waals surface area contributed by atoms with Gasteiger partial charge in [-0.1, -0.05) is 0 Å². The van der Waals surface area contributed by atoms with Gasteiger partial charge in [-0.15, -0.1) is 0 Å². The number of aromatic nitrogens is 5. The summed E-state index contributed by atoms with van der Waals surface area (Å²) in [6, 6.07) is 4.10. The monoisotopic (exact) mass is 452 g/mol. The lowest BCUT2D eigenvalue weighted by molar-refractivity contribution is 0.187. The second-order valence-electron chi connectivity index (χ2n) is 9.08. The van der Waals surface area contributed by atoms with E-state index in [4.69, 9.17) is 0 Å². The van der Waals surface area contributed by atoms with Gasteiger partial charge in [-0.05, 0) is 57.6 Å². The molecule has 33 heavy (non-hydrogen) atoms. The van der Waals surface area contributed by atoms with E-state index >= 15 is 0 Å². The van der Waals surface area contributed by atoms with Gasteiger partial charge in [-0.2, -0.15) is 5.10 Å². The Balaban J connectivity index is 1.30. The van der Waals surface area contributed by atoms with Gasteiger partial charge in [0.25, 0.3) is 0 Å². The van der Waals surface area contributed by atoms with Crippen LogP contribution in [0.4, 0.5) is 15.0 Å². The van der Waals surface area contributed by atoms with Crippen LogP contribution in [0, 0.1) is 5.82 Å². The number of pyridine rings is 1. The van der Waals surface area contributed by atoms with Crippen LogP contribution < -0.4 is 10.6 Å². The SMILES string of the molecule is C[C@H]1CCCN1C(=O)N[C@@H]1CCC[C@H](Nc2nc(-c3nn(C)c4ncccc34)ncc2F)C1. The van der Waals surface area contributed by atoms with Crippen LogP contribution in [0.2, 0.25) is 0 Å². The number of hydrogen-bond acceptors (Lipinski definition) is 6. The van der Waals surface area contributed by atoms with Crippen LogP contribution in [-0.2, 0) is 7.05 Å². The number of hydrogen-bond donors (Lipinski definition) is 2. The molecule has 0 aromatic carbocycles. The van der Waals surface area contributed by atoms with E-state index in [0.29, 0.717) is 17.2 Å². The molecule has 2 fully saturated rings. The zero-order chi connectivity index (χ0) is 22.9. The molecule has 2 amide bonds. The number of carbonyl (C=O) groups is 1. The van der Waals surface area contributed by atoms with Crippen molar-refractivity contribution in [2.75, 3.05) is 11.9 Å². The first-order chi connectivity index (χ1) is 16.0. The van der Waals surface area contributed by atoms with E-state index in [2.05, 4.69) is 37.6 Å². The second-order valence-corrected chi connectivity index (χ2v) is 9.08. The van der Waals surface area contributed by atoms with Gasteiger partial charge in [0.15, 0.2) is 23.1 Å². The first kappa shape index (κ1) is 21.5. The Morgan fingerprint density at radius 3 is 2.85 bits per heavy atom. The Kier molecular flexibility index (Phi) is 5.82. The third-order valence-corrected chi connectivity index (χ3v) is 6.71. The fraction of sp³-hybridized carbons (Fsp3) is 0.522. The van der Waals surface area contributed by atoms with Crippen LogP contribution in [0.25, 0.3) is 22.6 Å². The molecule has 4 heterocycles. The van der Waals surface area contributed by atoms with Gasteiger partial charge in [0.2, 0.25) is 0 Å². The van der Waals surface area contributed by atoms with Gasteiger partial charge in [0, 0.05) is 37.9 Å². The van der Waals surface area contributed by atoms with Gasteiger partial charge >= 0.3 is 6.03 Å². The Bertz CT molecular complexity index is 1160. The molecule has 2 N–H and O–H groups in total. The van der Waals surface area contributed by atoms with Gasteiger partial charge in [0.05, 0.1) is 11.6 Å². The summed E-state index contributed by atoms with van der Waals surface area (Å²) in [5.41, 5.74) is 1.28. The highest BCUT2D eigenvalue weighted by molar-refractivity contribution is 5.89. The van der Waals surface area contributed by atoms with E-state index in [1.165, 1.54) is 6.20 Å². The number of rotatable bonds is 4. The fourth-order valence-electron chi connectivity index (χ4n) is 4.98. The van der Waals surface area contributed by atoms with Crippen molar-refractivity contribution < 1.29 is 9.18 Å². The second kappa shape index (κ2) is 8.92. The molecule has 174 valence electrons. The molecule has 1 aliphatic carbocycles. The van der Waals surface area contributed by atoms with Crippen molar-refractivity contribution in [3.8, 4) is 11.5 Å². The summed E-state index contributed by atoms with van der Waals surface area (Å²) in [4.78, 5) is 27.6. The quantitative estimate of drug-likeness (QED) is 0.629. The fourth-order valence-corrected chi connectivity index (χ4v) is 4.98. The summed E-state index contributed by atoms with van der Waals surface area (Å²) in [5, 5.41) is 11.7. The van der Waals surface area contributed by atoms with Crippen LogP contribution in [0.15, 0.2) is 24.5 Å². The summed E-state index contributed by atoms with van der Waals surface area (Å²) in [6.07, 6.45) is 8.49. The van der Waals surface area contributed by atoms with Crippen molar-refractivity contribution in [2.45, 2.75) is 63.6 Å². The number of fused-ring (bicyclic) bond motifs is 1. The van der Waals surface area contributed by atoms with E-state index in [1.807, 2.05) is 17.0 Å². The van der Waals surface area contributed by atoms with Crippen molar-refractivity contribution in [3.05, 3.63) is 30.3 Å². The lowest BCUT2D eigenvalue weighted by Gasteiger charge is -2.32. The number of aryl methyl sites for hydroxylation is 1. The molecule has 2 aliphatic rings. The Hall–Kier alpha value is -3.30. The number of amides is 2. The normalized spacial score (nSPS) is 23.1. The molecule has 10 heteroatoms. The van der Waals surface area contributed by atoms with Crippen molar-refractivity contribution in [3.63, 3.8) is 0 Å². The molecule has 3 aromatic heterocycles. The molecular weight excluding hydrogens is 423 g/mol. The molecule has 1 saturated carbocycles. The Morgan fingerprint density at radius 1 is 1.18 bits per heavy atom. The molecule has 3 atom stereocenters. The number of likely N-dealkylation sites (tertiary alicyclic amines) is 1. The third-order valence-electron chi connectivity index (χ3n) is 6.71. The Morgan fingerprint density at radius 2 is 2.03 bits per heavy atom. The van der Waals surface area contributed by atoms with Crippen molar-refractivity contribution >= 4 is 22.9 Å². The summed E-state index contributed by atoms with van der Waals surface area (Å²) >= 11 is 0. The maximum absolute atomic E-state index is 14.6. The summed E-state index contributed by atoms with van der Waals surface area (Å²) in [6.45, 7) is 2.90. The molecule has 0 bridgehead atoms. The lowest BCUT2D eigenvalue weighted by Crippen LogP contribution is -2.48. The maximum atomic E-state index is 14.6. The zero-order valence-electron chi connectivity index (χ0n) is 19.0. The lowest BCUT2D eigenvalue weighted by atomic mass is 9.91. The number of nitrogens with zero attached hydrogens (tertiary/aromatic N) is 6. The van der Waals surface area contributed by atoms with E-state index in [-0.39, 0.29) is 30.0 Å². The largest absolute Gasteiger partial charge is 0.365 e. The average molecular weight is 453 g/mol. The molecule has 3 aromatic rings. The summed E-state index contributed by atoms with van der Waals surface area (Å²) in [7, 11) is 1.81. The van der Waals surface area contributed by atoms with E-state index in [9.17, 15) is 9.18 Å². The maximum Gasteiger partial charge on any atom is 0.317 e. The van der Waals surface area contributed by atoms with E-state index in [0.717, 1.165) is 50.5 Å². The number of nitrogens with one attached hydrogen (secondary N) is 2.